The third-order valence-corrected chi connectivity index (χ3v) is 3.68. The summed E-state index contributed by atoms with van der Waals surface area (Å²) in [5.74, 6) is 1.25. The summed E-state index contributed by atoms with van der Waals surface area (Å²) in [4.78, 5) is 12.3. The van der Waals surface area contributed by atoms with Gasteiger partial charge in [-0.15, -0.1) is 0 Å². The van der Waals surface area contributed by atoms with Gasteiger partial charge in [0.2, 0.25) is 0 Å². The summed E-state index contributed by atoms with van der Waals surface area (Å²) in [6.07, 6.45) is 0. The van der Waals surface area contributed by atoms with Gasteiger partial charge in [-0.2, -0.15) is 0 Å². The SMILES string of the molecule is Cc1cc(Cl)ccc1NC(=O)c1ccc(COc2ccccc2)o1. The van der Waals surface area contributed by atoms with Gasteiger partial charge >= 0.3 is 0 Å². The van der Waals surface area contributed by atoms with Gasteiger partial charge in [-0.25, -0.2) is 0 Å². The highest BCUT2D eigenvalue weighted by Gasteiger charge is 2.13. The third-order valence-electron chi connectivity index (χ3n) is 3.45. The Morgan fingerprint density at radius 1 is 1.12 bits per heavy atom. The minimum atomic E-state index is -0.314. The second kappa shape index (κ2) is 7.23. The molecule has 0 aliphatic rings. The number of carbonyl (C=O) groups excluding carboxylic acids is 1. The summed E-state index contributed by atoms with van der Waals surface area (Å²) in [5.41, 5.74) is 1.58. The van der Waals surface area contributed by atoms with Crippen LogP contribution in [0.5, 0.6) is 5.75 Å². The van der Waals surface area contributed by atoms with E-state index in [1.165, 1.54) is 0 Å². The second-order valence-electron chi connectivity index (χ2n) is 5.28. The maximum Gasteiger partial charge on any atom is 0.291 e. The number of carbonyl (C=O) groups is 1. The van der Waals surface area contributed by atoms with Crippen molar-refractivity contribution in [1.29, 1.82) is 0 Å². The first kappa shape index (κ1) is 16.1. The maximum absolute atomic E-state index is 12.3. The summed E-state index contributed by atoms with van der Waals surface area (Å²) in [5, 5.41) is 3.44. The van der Waals surface area contributed by atoms with Gasteiger partial charge in [-0.3, -0.25) is 4.79 Å². The van der Waals surface area contributed by atoms with Gasteiger partial charge in [-0.1, -0.05) is 29.8 Å². The highest BCUT2D eigenvalue weighted by Crippen LogP contribution is 2.21. The lowest BCUT2D eigenvalue weighted by Gasteiger charge is -2.07. The molecule has 1 N–H and O–H groups in total. The van der Waals surface area contributed by atoms with E-state index in [9.17, 15) is 4.79 Å². The predicted octanol–water partition coefficient (Wildman–Crippen LogP) is 5.07. The molecule has 0 aliphatic carbocycles. The number of amides is 1. The molecule has 0 bridgehead atoms. The number of ether oxygens (including phenoxy) is 1. The normalized spacial score (nSPS) is 10.4. The molecule has 0 fully saturated rings. The fourth-order valence-corrected chi connectivity index (χ4v) is 2.43. The Bertz CT molecular complexity index is 843. The van der Waals surface area contributed by atoms with Crippen LogP contribution in [-0.4, -0.2) is 5.91 Å². The zero-order valence-corrected chi connectivity index (χ0v) is 13.8. The van der Waals surface area contributed by atoms with Gasteiger partial charge < -0.3 is 14.5 Å². The van der Waals surface area contributed by atoms with Crippen molar-refractivity contribution in [3.05, 3.63) is 82.8 Å². The van der Waals surface area contributed by atoms with Gasteiger partial charge in [0, 0.05) is 10.7 Å². The standard InChI is InChI=1S/C19H16ClNO3/c1-13-11-14(20)7-9-17(13)21-19(22)18-10-8-16(24-18)12-23-15-5-3-2-4-6-15/h2-11H,12H2,1H3,(H,21,22). The summed E-state index contributed by atoms with van der Waals surface area (Å²) < 4.78 is 11.1. The topological polar surface area (TPSA) is 51.5 Å². The van der Waals surface area contributed by atoms with Crippen LogP contribution < -0.4 is 10.1 Å². The molecule has 3 rings (SSSR count). The molecule has 4 nitrogen and oxygen atoms in total. The number of nitrogens with one attached hydrogen (secondary N) is 1. The van der Waals surface area contributed by atoms with Crippen LogP contribution in [0.25, 0.3) is 0 Å². The number of benzene rings is 2. The van der Waals surface area contributed by atoms with Gasteiger partial charge in [-0.05, 0) is 55.0 Å². The summed E-state index contributed by atoms with van der Waals surface area (Å²) in [6.45, 7) is 2.14. The number of hydrogen-bond donors (Lipinski definition) is 1. The Kier molecular flexibility index (Phi) is 4.87. The molecule has 1 amide bonds. The minimum Gasteiger partial charge on any atom is -0.486 e. The number of para-hydroxylation sites is 1. The molecule has 0 aliphatic heterocycles. The molecule has 24 heavy (non-hydrogen) atoms. The summed E-state index contributed by atoms with van der Waals surface area (Å²) in [6, 6.07) is 18.1. The Hall–Kier alpha value is -2.72. The molecule has 1 aromatic heterocycles. The number of aryl methyl sites for hydroxylation is 1. The smallest absolute Gasteiger partial charge is 0.291 e. The van der Waals surface area contributed by atoms with E-state index in [2.05, 4.69) is 5.32 Å². The van der Waals surface area contributed by atoms with Crippen LogP contribution in [-0.2, 0) is 6.61 Å². The van der Waals surface area contributed by atoms with Crippen LogP contribution in [0, 0.1) is 6.92 Å². The highest BCUT2D eigenvalue weighted by molar-refractivity contribution is 6.30. The predicted molar refractivity (Wildman–Crippen MR) is 93.6 cm³/mol. The number of furan rings is 1. The highest BCUT2D eigenvalue weighted by atomic mass is 35.5. The lowest BCUT2D eigenvalue weighted by Crippen LogP contribution is -2.11. The first-order valence-corrected chi connectivity index (χ1v) is 7.84. The monoisotopic (exact) mass is 341 g/mol. The zero-order valence-electron chi connectivity index (χ0n) is 13.1. The van der Waals surface area contributed by atoms with Gasteiger partial charge in [0.05, 0.1) is 0 Å². The van der Waals surface area contributed by atoms with Crippen molar-refractivity contribution in [3.63, 3.8) is 0 Å². The Labute approximate surface area is 145 Å². The summed E-state index contributed by atoms with van der Waals surface area (Å²) >= 11 is 5.91. The van der Waals surface area contributed by atoms with Crippen LogP contribution in [0.1, 0.15) is 21.9 Å². The van der Waals surface area contributed by atoms with Crippen LogP contribution >= 0.6 is 11.6 Å². The Morgan fingerprint density at radius 3 is 2.67 bits per heavy atom. The molecule has 1 heterocycles. The molecular weight excluding hydrogens is 326 g/mol. The molecule has 0 saturated carbocycles. The lowest BCUT2D eigenvalue weighted by atomic mass is 10.2. The summed E-state index contributed by atoms with van der Waals surface area (Å²) in [7, 11) is 0. The first-order valence-electron chi connectivity index (χ1n) is 7.46. The molecule has 2 aromatic carbocycles. The quantitative estimate of drug-likeness (QED) is 0.704. The van der Waals surface area contributed by atoms with E-state index < -0.39 is 0 Å². The van der Waals surface area contributed by atoms with Crippen molar-refractivity contribution in [2.24, 2.45) is 0 Å². The molecule has 0 spiro atoms. The van der Waals surface area contributed by atoms with E-state index in [0.29, 0.717) is 16.5 Å². The number of hydrogen-bond acceptors (Lipinski definition) is 3. The Morgan fingerprint density at radius 2 is 1.92 bits per heavy atom. The van der Waals surface area contributed by atoms with Crippen LogP contribution in [0.4, 0.5) is 5.69 Å². The van der Waals surface area contributed by atoms with Crippen LogP contribution in [0.15, 0.2) is 65.1 Å². The Balaban J connectivity index is 1.63. The fourth-order valence-electron chi connectivity index (χ4n) is 2.20. The number of halogens is 1. The number of anilines is 1. The van der Waals surface area contributed by atoms with Crippen LogP contribution in [0.2, 0.25) is 5.02 Å². The fraction of sp³-hybridized carbons (Fsp3) is 0.105. The van der Waals surface area contributed by atoms with Crippen molar-refractivity contribution in [2.45, 2.75) is 13.5 Å². The van der Waals surface area contributed by atoms with E-state index in [1.807, 2.05) is 37.3 Å². The van der Waals surface area contributed by atoms with E-state index in [1.54, 1.807) is 30.3 Å². The molecular formula is C19H16ClNO3. The van der Waals surface area contributed by atoms with Crippen molar-refractivity contribution in [3.8, 4) is 5.75 Å². The molecule has 5 heteroatoms. The molecule has 0 atom stereocenters. The third kappa shape index (κ3) is 3.97. The van der Waals surface area contributed by atoms with E-state index in [0.717, 1.165) is 11.3 Å². The zero-order chi connectivity index (χ0) is 16.9. The average Bonchev–Trinajstić information content (AvgIpc) is 3.05. The van der Waals surface area contributed by atoms with Crippen molar-refractivity contribution >= 4 is 23.2 Å². The second-order valence-corrected chi connectivity index (χ2v) is 5.72. The molecule has 0 saturated heterocycles. The van der Waals surface area contributed by atoms with E-state index >= 15 is 0 Å². The minimum absolute atomic E-state index is 0.232. The molecule has 122 valence electrons. The largest absolute Gasteiger partial charge is 0.486 e. The van der Waals surface area contributed by atoms with Gasteiger partial charge in [0.25, 0.3) is 5.91 Å². The van der Waals surface area contributed by atoms with Gasteiger partial charge in [0.15, 0.2) is 5.76 Å². The number of rotatable bonds is 5. The van der Waals surface area contributed by atoms with E-state index in [4.69, 9.17) is 20.8 Å². The van der Waals surface area contributed by atoms with Crippen molar-refractivity contribution < 1.29 is 13.9 Å². The van der Waals surface area contributed by atoms with Crippen molar-refractivity contribution in [1.82, 2.24) is 0 Å². The molecule has 0 radical (unpaired) electrons. The van der Waals surface area contributed by atoms with Crippen LogP contribution in [0.3, 0.4) is 0 Å². The first-order chi connectivity index (χ1) is 11.6. The van der Waals surface area contributed by atoms with Crippen molar-refractivity contribution in [2.75, 3.05) is 5.32 Å². The van der Waals surface area contributed by atoms with Gasteiger partial charge in [0.1, 0.15) is 18.1 Å². The average molecular weight is 342 g/mol. The molecule has 3 aromatic rings. The van der Waals surface area contributed by atoms with E-state index in [-0.39, 0.29) is 18.3 Å². The maximum atomic E-state index is 12.3. The molecule has 0 unspecified atom stereocenters. The lowest BCUT2D eigenvalue weighted by molar-refractivity contribution is 0.0992.